The molecular weight excluding hydrogens is 322 g/mol. The van der Waals surface area contributed by atoms with Crippen LogP contribution in [0.2, 0.25) is 0 Å². The van der Waals surface area contributed by atoms with Gasteiger partial charge in [-0.25, -0.2) is 9.67 Å². The van der Waals surface area contributed by atoms with Crippen LogP contribution in [0.5, 0.6) is 0 Å². The van der Waals surface area contributed by atoms with Crippen LogP contribution in [-0.4, -0.2) is 19.7 Å². The molecule has 2 aromatic heterocycles. The fourth-order valence-corrected chi connectivity index (χ4v) is 2.21. The minimum absolute atomic E-state index is 0.0222. The number of halogens is 1. The Morgan fingerprint density at radius 3 is 3.05 bits per heavy atom. The van der Waals surface area contributed by atoms with Crippen molar-refractivity contribution < 1.29 is 0 Å². The summed E-state index contributed by atoms with van der Waals surface area (Å²) in [6.07, 6.45) is 11.0. The predicted molar refractivity (Wildman–Crippen MR) is 80.3 cm³/mol. The van der Waals surface area contributed by atoms with Crippen molar-refractivity contribution in [1.82, 2.24) is 19.7 Å². The van der Waals surface area contributed by atoms with E-state index in [1.54, 1.807) is 18.6 Å². The number of H-pyrrole nitrogens is 1. The van der Waals surface area contributed by atoms with Gasteiger partial charge in [0.25, 0.3) is 5.56 Å². The van der Waals surface area contributed by atoms with Crippen molar-refractivity contribution in [3.63, 3.8) is 0 Å². The monoisotopic (exact) mass is 335 g/mol. The highest BCUT2D eigenvalue weighted by Crippen LogP contribution is 2.23. The molecule has 0 fully saturated rings. The molecule has 2 aromatic rings. The molecule has 0 aliphatic carbocycles. The first-order chi connectivity index (χ1) is 9.67. The van der Waals surface area contributed by atoms with Gasteiger partial charge in [-0.15, -0.1) is 6.42 Å². The highest BCUT2D eigenvalue weighted by atomic mass is 79.9. The summed E-state index contributed by atoms with van der Waals surface area (Å²) in [5.41, 5.74) is 0.355. The van der Waals surface area contributed by atoms with Gasteiger partial charge in [-0.1, -0.05) is 12.8 Å². The quantitative estimate of drug-likeness (QED) is 0.818. The summed E-state index contributed by atoms with van der Waals surface area (Å²) in [5, 5.41) is 7.28. The highest BCUT2D eigenvalue weighted by Gasteiger charge is 2.15. The van der Waals surface area contributed by atoms with E-state index in [0.29, 0.717) is 10.2 Å². The molecule has 1 unspecified atom stereocenters. The summed E-state index contributed by atoms with van der Waals surface area (Å²) in [6, 6.07) is -0.0222. The van der Waals surface area contributed by atoms with Gasteiger partial charge >= 0.3 is 0 Å². The number of rotatable bonds is 5. The van der Waals surface area contributed by atoms with Gasteiger partial charge in [-0.3, -0.25) is 4.79 Å². The molecule has 0 aliphatic rings. The molecule has 1 atom stereocenters. The van der Waals surface area contributed by atoms with Crippen LogP contribution < -0.4 is 10.9 Å². The summed E-state index contributed by atoms with van der Waals surface area (Å²) >= 11 is 3.29. The molecule has 0 spiro atoms. The topological polar surface area (TPSA) is 75.6 Å². The van der Waals surface area contributed by atoms with Crippen LogP contribution in [0.3, 0.4) is 0 Å². The predicted octanol–water partition coefficient (Wildman–Crippen LogP) is 1.93. The average Bonchev–Trinajstić information content (AvgIpc) is 2.97. The van der Waals surface area contributed by atoms with Crippen LogP contribution in [0.1, 0.15) is 25.2 Å². The van der Waals surface area contributed by atoms with Crippen molar-refractivity contribution in [2.45, 2.75) is 25.9 Å². The third-order valence-electron chi connectivity index (χ3n) is 2.81. The van der Waals surface area contributed by atoms with Gasteiger partial charge in [0, 0.05) is 12.4 Å². The maximum atomic E-state index is 12.0. The van der Waals surface area contributed by atoms with Crippen molar-refractivity contribution in [3.8, 4) is 12.3 Å². The Morgan fingerprint density at radius 2 is 2.45 bits per heavy atom. The minimum Gasteiger partial charge on any atom is -0.373 e. The zero-order chi connectivity index (χ0) is 14.5. The van der Waals surface area contributed by atoms with Crippen molar-refractivity contribution in [2.24, 2.45) is 0 Å². The van der Waals surface area contributed by atoms with Crippen molar-refractivity contribution in [2.75, 3.05) is 5.32 Å². The van der Waals surface area contributed by atoms with Crippen LogP contribution in [0, 0.1) is 12.3 Å². The molecule has 0 radical (unpaired) electrons. The largest absolute Gasteiger partial charge is 0.373 e. The Bertz CT molecular complexity index is 671. The Balaban J connectivity index is 2.28. The maximum absolute atomic E-state index is 12.0. The Morgan fingerprint density at radius 1 is 1.65 bits per heavy atom. The number of anilines is 1. The molecular formula is C13H14BrN5O. The first-order valence-corrected chi connectivity index (χ1v) is 6.91. The first-order valence-electron chi connectivity index (χ1n) is 6.12. The van der Waals surface area contributed by atoms with E-state index in [1.165, 1.54) is 4.68 Å². The molecule has 2 rings (SSSR count). The SMILES string of the molecule is C#CCn1ncc(NC(CC)c2ncc[nH]2)c(Br)c1=O. The molecule has 6 nitrogen and oxygen atoms in total. The van der Waals surface area contributed by atoms with Gasteiger partial charge < -0.3 is 10.3 Å². The van der Waals surface area contributed by atoms with Crippen LogP contribution in [0.15, 0.2) is 27.9 Å². The summed E-state index contributed by atoms with van der Waals surface area (Å²) in [7, 11) is 0. The van der Waals surface area contributed by atoms with Gasteiger partial charge in [0.2, 0.25) is 0 Å². The number of terminal acetylenes is 1. The zero-order valence-electron chi connectivity index (χ0n) is 10.9. The lowest BCUT2D eigenvalue weighted by molar-refractivity contribution is 0.653. The van der Waals surface area contributed by atoms with E-state index in [9.17, 15) is 4.79 Å². The van der Waals surface area contributed by atoms with E-state index in [2.05, 4.69) is 42.2 Å². The standard InChI is InChI=1S/C13H14BrN5O/c1-3-7-19-13(20)11(14)10(8-17-19)18-9(4-2)12-15-5-6-16-12/h1,5-6,8-9,18H,4,7H2,2H3,(H,15,16). The van der Waals surface area contributed by atoms with Crippen LogP contribution in [-0.2, 0) is 6.54 Å². The van der Waals surface area contributed by atoms with Gasteiger partial charge in [0.05, 0.1) is 17.9 Å². The minimum atomic E-state index is -0.262. The molecule has 0 bridgehead atoms. The summed E-state index contributed by atoms with van der Waals surface area (Å²) < 4.78 is 1.64. The fraction of sp³-hybridized carbons (Fsp3) is 0.308. The Kier molecular flexibility index (Phi) is 4.58. The van der Waals surface area contributed by atoms with E-state index in [0.717, 1.165) is 12.2 Å². The second-order valence-electron chi connectivity index (χ2n) is 4.12. The summed E-state index contributed by atoms with van der Waals surface area (Å²) in [5.74, 6) is 3.20. The molecule has 0 amide bonds. The molecule has 2 N–H and O–H groups in total. The average molecular weight is 336 g/mol. The first kappa shape index (κ1) is 14.3. The molecule has 2 heterocycles. The maximum Gasteiger partial charge on any atom is 0.284 e. The van der Waals surface area contributed by atoms with Gasteiger partial charge in [0.15, 0.2) is 0 Å². The lowest BCUT2D eigenvalue weighted by Gasteiger charge is -2.17. The molecule has 0 saturated heterocycles. The second-order valence-corrected chi connectivity index (χ2v) is 4.91. The van der Waals surface area contributed by atoms with Crippen molar-refractivity contribution in [1.29, 1.82) is 0 Å². The highest BCUT2D eigenvalue weighted by molar-refractivity contribution is 9.10. The number of nitrogens with one attached hydrogen (secondary N) is 2. The molecule has 0 aliphatic heterocycles. The van der Waals surface area contributed by atoms with Crippen LogP contribution >= 0.6 is 15.9 Å². The smallest absolute Gasteiger partial charge is 0.284 e. The third kappa shape index (κ3) is 2.91. The molecule has 0 aromatic carbocycles. The van der Waals surface area contributed by atoms with E-state index in [4.69, 9.17) is 6.42 Å². The van der Waals surface area contributed by atoms with E-state index >= 15 is 0 Å². The van der Waals surface area contributed by atoms with Gasteiger partial charge in [-0.05, 0) is 22.4 Å². The number of aromatic nitrogens is 4. The lowest BCUT2D eigenvalue weighted by atomic mass is 10.2. The Labute approximate surface area is 124 Å². The second kappa shape index (κ2) is 6.39. The summed E-state index contributed by atoms with van der Waals surface area (Å²) in [6.45, 7) is 2.17. The molecule has 7 heteroatoms. The Hall–Kier alpha value is -2.07. The van der Waals surface area contributed by atoms with E-state index in [-0.39, 0.29) is 18.1 Å². The number of aromatic amines is 1. The summed E-state index contributed by atoms with van der Waals surface area (Å²) in [4.78, 5) is 19.3. The molecule has 20 heavy (non-hydrogen) atoms. The van der Waals surface area contributed by atoms with Crippen molar-refractivity contribution >= 4 is 21.6 Å². The van der Waals surface area contributed by atoms with Crippen LogP contribution in [0.4, 0.5) is 5.69 Å². The number of imidazole rings is 1. The number of nitrogens with zero attached hydrogens (tertiary/aromatic N) is 3. The van der Waals surface area contributed by atoms with Gasteiger partial charge in [0.1, 0.15) is 16.8 Å². The fourth-order valence-electron chi connectivity index (χ4n) is 1.78. The van der Waals surface area contributed by atoms with E-state index in [1.807, 2.05) is 6.92 Å². The van der Waals surface area contributed by atoms with E-state index < -0.39 is 0 Å². The normalized spacial score (nSPS) is 11.8. The van der Waals surface area contributed by atoms with Crippen molar-refractivity contribution in [3.05, 3.63) is 39.2 Å². The van der Waals surface area contributed by atoms with Gasteiger partial charge in [-0.2, -0.15) is 5.10 Å². The third-order valence-corrected chi connectivity index (χ3v) is 3.58. The molecule has 0 saturated carbocycles. The lowest BCUT2D eigenvalue weighted by Crippen LogP contribution is -2.25. The number of hydrogen-bond acceptors (Lipinski definition) is 4. The zero-order valence-corrected chi connectivity index (χ0v) is 12.5. The van der Waals surface area contributed by atoms with Crippen LogP contribution in [0.25, 0.3) is 0 Å². The molecule has 104 valence electrons. The number of hydrogen-bond donors (Lipinski definition) is 2.